The molecule has 1 unspecified atom stereocenters. The fraction of sp³-hybridized carbons (Fsp3) is 0.368. The lowest BCUT2D eigenvalue weighted by Crippen LogP contribution is -2.17. The number of rotatable bonds is 4. The molecule has 0 aliphatic rings. The van der Waals surface area contributed by atoms with E-state index in [-0.39, 0.29) is 17.3 Å². The van der Waals surface area contributed by atoms with Crippen LogP contribution in [-0.4, -0.2) is 0 Å². The van der Waals surface area contributed by atoms with Gasteiger partial charge >= 0.3 is 0 Å². The molecular weight excluding hydrogens is 261 g/mol. The summed E-state index contributed by atoms with van der Waals surface area (Å²) in [5, 5.41) is 0. The molecule has 0 bridgehead atoms. The molecule has 2 N–H and O–H groups in total. The molecule has 1 atom stereocenters. The fourth-order valence-corrected chi connectivity index (χ4v) is 2.51. The predicted molar refractivity (Wildman–Crippen MR) is 86.9 cm³/mol. The van der Waals surface area contributed by atoms with E-state index in [0.717, 1.165) is 23.1 Å². The van der Waals surface area contributed by atoms with Gasteiger partial charge in [-0.1, -0.05) is 51.1 Å². The molecule has 0 aliphatic heterocycles. The van der Waals surface area contributed by atoms with Gasteiger partial charge in [0.25, 0.3) is 0 Å². The molecule has 1 nitrogen and oxygen atoms in total. The molecule has 0 saturated heterocycles. The summed E-state index contributed by atoms with van der Waals surface area (Å²) < 4.78 is 13.2. The smallest absolute Gasteiger partial charge is 0.123 e. The quantitative estimate of drug-likeness (QED) is 0.852. The number of hydrogen-bond acceptors (Lipinski definition) is 1. The molecule has 0 aromatic heterocycles. The summed E-state index contributed by atoms with van der Waals surface area (Å²) in [7, 11) is 0. The van der Waals surface area contributed by atoms with Crippen molar-refractivity contribution in [3.05, 3.63) is 70.5 Å². The van der Waals surface area contributed by atoms with Gasteiger partial charge in [0.05, 0.1) is 6.04 Å². The number of aryl methyl sites for hydroxylation is 1. The monoisotopic (exact) mass is 285 g/mol. The number of halogens is 1. The van der Waals surface area contributed by atoms with Crippen molar-refractivity contribution in [1.29, 1.82) is 0 Å². The third-order valence-corrected chi connectivity index (χ3v) is 4.50. The van der Waals surface area contributed by atoms with Crippen LogP contribution in [0.3, 0.4) is 0 Å². The van der Waals surface area contributed by atoms with E-state index in [0.29, 0.717) is 0 Å². The lowest BCUT2D eigenvalue weighted by molar-refractivity contribution is 0.506. The first-order valence-electron chi connectivity index (χ1n) is 7.47. The van der Waals surface area contributed by atoms with Crippen LogP contribution in [0.15, 0.2) is 42.5 Å². The highest BCUT2D eigenvalue weighted by Gasteiger charge is 2.18. The van der Waals surface area contributed by atoms with E-state index in [1.165, 1.54) is 17.7 Å². The summed E-state index contributed by atoms with van der Waals surface area (Å²) in [6, 6.07) is 13.0. The van der Waals surface area contributed by atoms with E-state index in [1.807, 2.05) is 6.92 Å². The van der Waals surface area contributed by atoms with Crippen molar-refractivity contribution in [2.24, 2.45) is 5.73 Å². The van der Waals surface area contributed by atoms with Crippen LogP contribution in [0.5, 0.6) is 0 Å². The van der Waals surface area contributed by atoms with Crippen LogP contribution in [0, 0.1) is 12.7 Å². The molecule has 2 aromatic rings. The van der Waals surface area contributed by atoms with Crippen molar-refractivity contribution >= 4 is 0 Å². The van der Waals surface area contributed by atoms with Crippen LogP contribution in [-0.2, 0) is 5.41 Å². The molecule has 112 valence electrons. The molecule has 21 heavy (non-hydrogen) atoms. The van der Waals surface area contributed by atoms with Gasteiger partial charge in [0.15, 0.2) is 0 Å². The van der Waals surface area contributed by atoms with Crippen molar-refractivity contribution < 1.29 is 4.39 Å². The maximum absolute atomic E-state index is 13.2. The Morgan fingerprint density at radius 2 is 1.71 bits per heavy atom. The zero-order valence-electron chi connectivity index (χ0n) is 13.3. The number of benzene rings is 2. The van der Waals surface area contributed by atoms with Gasteiger partial charge in [0.2, 0.25) is 0 Å². The average Bonchev–Trinajstić information content (AvgIpc) is 2.47. The first-order chi connectivity index (χ1) is 9.85. The van der Waals surface area contributed by atoms with Crippen molar-refractivity contribution in [3.63, 3.8) is 0 Å². The Bertz CT molecular complexity index is 614. The topological polar surface area (TPSA) is 26.0 Å². The van der Waals surface area contributed by atoms with Crippen molar-refractivity contribution in [3.8, 4) is 0 Å². The van der Waals surface area contributed by atoms with E-state index in [1.54, 1.807) is 6.07 Å². The van der Waals surface area contributed by atoms with Crippen molar-refractivity contribution in [2.75, 3.05) is 0 Å². The van der Waals surface area contributed by atoms with Crippen LogP contribution in [0.1, 0.15) is 55.5 Å². The zero-order valence-corrected chi connectivity index (χ0v) is 13.3. The molecule has 0 heterocycles. The van der Waals surface area contributed by atoms with Gasteiger partial charge in [-0.25, -0.2) is 4.39 Å². The molecule has 0 radical (unpaired) electrons. The summed E-state index contributed by atoms with van der Waals surface area (Å²) in [6.45, 7) is 8.58. The first kappa shape index (κ1) is 15.7. The van der Waals surface area contributed by atoms with E-state index >= 15 is 0 Å². The van der Waals surface area contributed by atoms with Gasteiger partial charge in [-0.2, -0.15) is 0 Å². The molecule has 0 amide bonds. The fourth-order valence-electron chi connectivity index (χ4n) is 2.51. The maximum atomic E-state index is 13.2. The van der Waals surface area contributed by atoms with E-state index in [2.05, 4.69) is 45.0 Å². The maximum Gasteiger partial charge on any atom is 0.123 e. The Hall–Kier alpha value is -1.67. The third kappa shape index (κ3) is 3.33. The van der Waals surface area contributed by atoms with E-state index in [4.69, 9.17) is 5.73 Å². The highest BCUT2D eigenvalue weighted by molar-refractivity contribution is 5.38. The van der Waals surface area contributed by atoms with Crippen LogP contribution in [0.25, 0.3) is 0 Å². The first-order valence-corrected chi connectivity index (χ1v) is 7.47. The summed E-state index contributed by atoms with van der Waals surface area (Å²) in [5.41, 5.74) is 10.7. The summed E-state index contributed by atoms with van der Waals surface area (Å²) in [4.78, 5) is 0. The second-order valence-electron chi connectivity index (χ2n) is 6.34. The standard InChI is InChI=1S/C19H24FN/c1-5-19(3,4)15-8-6-14(7-9-15)18(21)17-11-10-16(20)12-13(17)2/h6-12,18H,5,21H2,1-4H3. The van der Waals surface area contributed by atoms with Crippen LogP contribution in [0.2, 0.25) is 0 Å². The molecule has 0 spiro atoms. The van der Waals surface area contributed by atoms with E-state index < -0.39 is 0 Å². The lowest BCUT2D eigenvalue weighted by atomic mass is 9.81. The Morgan fingerprint density at radius 1 is 1.10 bits per heavy atom. The van der Waals surface area contributed by atoms with Gasteiger partial charge in [0, 0.05) is 0 Å². The van der Waals surface area contributed by atoms with Gasteiger partial charge in [0.1, 0.15) is 5.82 Å². The van der Waals surface area contributed by atoms with Gasteiger partial charge in [-0.05, 0) is 53.1 Å². The zero-order chi connectivity index (χ0) is 15.6. The van der Waals surface area contributed by atoms with Crippen molar-refractivity contribution in [1.82, 2.24) is 0 Å². The molecule has 0 fully saturated rings. The van der Waals surface area contributed by atoms with Crippen LogP contribution in [0.4, 0.5) is 4.39 Å². The highest BCUT2D eigenvalue weighted by Crippen LogP contribution is 2.29. The number of nitrogens with two attached hydrogens (primary N) is 1. The minimum Gasteiger partial charge on any atom is -0.320 e. The largest absolute Gasteiger partial charge is 0.320 e. The normalized spacial score (nSPS) is 13.2. The lowest BCUT2D eigenvalue weighted by Gasteiger charge is -2.24. The molecular formula is C19H24FN. The second-order valence-corrected chi connectivity index (χ2v) is 6.34. The van der Waals surface area contributed by atoms with Gasteiger partial charge in [-0.15, -0.1) is 0 Å². The Balaban J connectivity index is 2.30. The van der Waals surface area contributed by atoms with Crippen LogP contribution >= 0.6 is 0 Å². The van der Waals surface area contributed by atoms with E-state index in [9.17, 15) is 4.39 Å². The summed E-state index contributed by atoms with van der Waals surface area (Å²) >= 11 is 0. The van der Waals surface area contributed by atoms with Gasteiger partial charge < -0.3 is 5.73 Å². The minimum absolute atomic E-state index is 0.175. The predicted octanol–water partition coefficient (Wildman–Crippen LogP) is 4.87. The number of hydrogen-bond donors (Lipinski definition) is 1. The third-order valence-electron chi connectivity index (χ3n) is 4.50. The van der Waals surface area contributed by atoms with Gasteiger partial charge in [-0.3, -0.25) is 0 Å². The average molecular weight is 285 g/mol. The second kappa shape index (κ2) is 5.98. The summed E-state index contributed by atoms with van der Waals surface area (Å²) in [5.74, 6) is -0.219. The molecule has 2 heteroatoms. The Labute approximate surface area is 127 Å². The molecule has 0 saturated carbocycles. The Morgan fingerprint density at radius 3 is 2.24 bits per heavy atom. The minimum atomic E-state index is -0.219. The summed E-state index contributed by atoms with van der Waals surface area (Å²) in [6.07, 6.45) is 1.09. The molecule has 0 aliphatic carbocycles. The SMILES string of the molecule is CCC(C)(C)c1ccc(C(N)c2ccc(F)cc2C)cc1. The Kier molecular flexibility index (Phi) is 4.48. The highest BCUT2D eigenvalue weighted by atomic mass is 19.1. The van der Waals surface area contributed by atoms with Crippen molar-refractivity contribution in [2.45, 2.75) is 45.6 Å². The molecule has 2 rings (SSSR count). The van der Waals surface area contributed by atoms with Crippen LogP contribution < -0.4 is 5.73 Å². The molecule has 2 aromatic carbocycles.